The number of hydrogen-bond acceptors (Lipinski definition) is 1. The Morgan fingerprint density at radius 3 is 2.50 bits per heavy atom. The fraction of sp³-hybridized carbons (Fsp3) is 1.00. The monoisotopic (exact) mass is 141 g/mol. The van der Waals surface area contributed by atoms with Crippen molar-refractivity contribution in [2.24, 2.45) is 5.41 Å². The van der Waals surface area contributed by atoms with E-state index in [4.69, 9.17) is 0 Å². The Morgan fingerprint density at radius 2 is 2.20 bits per heavy atom. The van der Waals surface area contributed by atoms with Crippen molar-refractivity contribution in [3.05, 3.63) is 0 Å². The molecule has 1 nitrogen and oxygen atoms in total. The largest absolute Gasteiger partial charge is 0.311 e. The van der Waals surface area contributed by atoms with E-state index < -0.39 is 0 Å². The molecular weight excluding hydrogens is 122 g/mol. The quantitative estimate of drug-likeness (QED) is 0.635. The highest BCUT2D eigenvalue weighted by Crippen LogP contribution is 2.48. The highest BCUT2D eigenvalue weighted by atomic mass is 15.0. The lowest BCUT2D eigenvalue weighted by atomic mass is 10.1. The maximum absolute atomic E-state index is 3.56. The van der Waals surface area contributed by atoms with E-state index >= 15 is 0 Å². The van der Waals surface area contributed by atoms with Crippen molar-refractivity contribution >= 4 is 0 Å². The number of nitrogens with one attached hydrogen (secondary N) is 1. The molecule has 0 bridgehead atoms. The van der Waals surface area contributed by atoms with E-state index in [-0.39, 0.29) is 0 Å². The second-order valence-corrected chi connectivity index (χ2v) is 4.09. The van der Waals surface area contributed by atoms with Crippen LogP contribution < -0.4 is 5.32 Å². The minimum Gasteiger partial charge on any atom is -0.311 e. The summed E-state index contributed by atoms with van der Waals surface area (Å²) in [5.74, 6) is 0. The van der Waals surface area contributed by atoms with Crippen LogP contribution >= 0.6 is 0 Å². The van der Waals surface area contributed by atoms with Crippen LogP contribution in [0.15, 0.2) is 0 Å². The van der Waals surface area contributed by atoms with E-state index in [2.05, 4.69) is 33.0 Å². The first kappa shape index (κ1) is 8.06. The zero-order valence-corrected chi connectivity index (χ0v) is 7.57. The van der Waals surface area contributed by atoms with Crippen LogP contribution in [0.1, 0.15) is 40.5 Å². The van der Waals surface area contributed by atoms with Crippen molar-refractivity contribution in [3.63, 3.8) is 0 Å². The number of hydrogen-bond donors (Lipinski definition) is 1. The molecule has 1 rings (SSSR count). The highest BCUT2D eigenvalue weighted by Gasteiger charge is 2.48. The molecule has 0 radical (unpaired) electrons. The molecule has 0 spiro atoms. The molecular formula is C9H19N. The van der Waals surface area contributed by atoms with Gasteiger partial charge >= 0.3 is 0 Å². The van der Waals surface area contributed by atoms with E-state index in [9.17, 15) is 0 Å². The molecule has 1 N–H and O–H groups in total. The first-order chi connectivity index (χ1) is 4.58. The Morgan fingerprint density at radius 1 is 1.60 bits per heavy atom. The van der Waals surface area contributed by atoms with Crippen molar-refractivity contribution in [3.8, 4) is 0 Å². The molecule has 0 aromatic rings. The minimum atomic E-state index is 0.629. The Kier molecular flexibility index (Phi) is 2.04. The van der Waals surface area contributed by atoms with Crippen molar-refractivity contribution in [1.82, 2.24) is 5.32 Å². The van der Waals surface area contributed by atoms with Crippen molar-refractivity contribution < 1.29 is 0 Å². The van der Waals surface area contributed by atoms with E-state index in [1.165, 1.54) is 12.8 Å². The second-order valence-electron chi connectivity index (χ2n) is 4.09. The average Bonchev–Trinajstić information content (AvgIpc) is 2.43. The van der Waals surface area contributed by atoms with Gasteiger partial charge in [-0.15, -0.1) is 0 Å². The third-order valence-corrected chi connectivity index (χ3v) is 2.69. The molecule has 1 heteroatoms. The minimum absolute atomic E-state index is 0.629. The maximum atomic E-state index is 3.56. The fourth-order valence-electron chi connectivity index (χ4n) is 1.46. The molecule has 0 heterocycles. The van der Waals surface area contributed by atoms with Crippen molar-refractivity contribution in [1.29, 1.82) is 0 Å². The Labute approximate surface area is 64.2 Å². The van der Waals surface area contributed by atoms with Gasteiger partial charge in [-0.05, 0) is 18.3 Å². The fourth-order valence-corrected chi connectivity index (χ4v) is 1.46. The van der Waals surface area contributed by atoms with Crippen LogP contribution in [0.5, 0.6) is 0 Å². The lowest BCUT2D eigenvalue weighted by molar-refractivity contribution is 0.457. The zero-order chi connectivity index (χ0) is 7.78. The molecule has 10 heavy (non-hydrogen) atoms. The van der Waals surface area contributed by atoms with Gasteiger partial charge in [0.25, 0.3) is 0 Å². The van der Waals surface area contributed by atoms with Gasteiger partial charge in [-0.1, -0.05) is 27.7 Å². The topological polar surface area (TPSA) is 12.0 Å². The summed E-state index contributed by atoms with van der Waals surface area (Å²) in [6.45, 7) is 9.08. The van der Waals surface area contributed by atoms with Gasteiger partial charge in [-0.3, -0.25) is 0 Å². The third-order valence-electron chi connectivity index (χ3n) is 2.69. The van der Waals surface area contributed by atoms with Crippen molar-refractivity contribution in [2.75, 3.05) is 0 Å². The summed E-state index contributed by atoms with van der Waals surface area (Å²) < 4.78 is 0. The normalized spacial score (nSPS) is 38.7. The van der Waals surface area contributed by atoms with Gasteiger partial charge in [-0.25, -0.2) is 0 Å². The lowest BCUT2D eigenvalue weighted by Crippen LogP contribution is -2.28. The van der Waals surface area contributed by atoms with Crippen LogP contribution in [-0.2, 0) is 0 Å². The zero-order valence-electron chi connectivity index (χ0n) is 7.57. The van der Waals surface area contributed by atoms with E-state index in [0.717, 1.165) is 6.04 Å². The first-order valence-electron chi connectivity index (χ1n) is 4.34. The Balaban J connectivity index is 2.24. The molecule has 1 aliphatic carbocycles. The number of rotatable bonds is 3. The molecule has 0 amide bonds. The standard InChI is InChI=1S/C9H19N/c1-5-9(4)6-8(9)10-7(2)3/h7-8,10H,5-6H2,1-4H3. The predicted octanol–water partition coefficient (Wildman–Crippen LogP) is 2.17. The van der Waals surface area contributed by atoms with E-state index in [1.54, 1.807) is 0 Å². The highest BCUT2D eigenvalue weighted by molar-refractivity contribution is 5.04. The van der Waals surface area contributed by atoms with Gasteiger partial charge in [0, 0.05) is 12.1 Å². The van der Waals surface area contributed by atoms with Crippen LogP contribution in [0.25, 0.3) is 0 Å². The van der Waals surface area contributed by atoms with Gasteiger partial charge in [0.1, 0.15) is 0 Å². The first-order valence-corrected chi connectivity index (χ1v) is 4.34. The van der Waals surface area contributed by atoms with Gasteiger partial charge in [0.05, 0.1) is 0 Å². The Bertz CT molecular complexity index is 120. The summed E-state index contributed by atoms with van der Waals surface area (Å²) in [7, 11) is 0. The van der Waals surface area contributed by atoms with Crippen LogP contribution in [-0.4, -0.2) is 12.1 Å². The molecule has 2 unspecified atom stereocenters. The molecule has 0 aromatic carbocycles. The molecule has 1 aliphatic rings. The van der Waals surface area contributed by atoms with Gasteiger partial charge in [0.15, 0.2) is 0 Å². The van der Waals surface area contributed by atoms with Crippen LogP contribution in [0, 0.1) is 5.41 Å². The van der Waals surface area contributed by atoms with E-state index in [0.29, 0.717) is 11.5 Å². The average molecular weight is 141 g/mol. The molecule has 0 aliphatic heterocycles. The molecule has 2 atom stereocenters. The summed E-state index contributed by atoms with van der Waals surface area (Å²) in [6, 6.07) is 1.45. The van der Waals surface area contributed by atoms with Gasteiger partial charge < -0.3 is 5.32 Å². The van der Waals surface area contributed by atoms with Crippen LogP contribution in [0.4, 0.5) is 0 Å². The second kappa shape index (κ2) is 2.54. The van der Waals surface area contributed by atoms with E-state index in [1.807, 2.05) is 0 Å². The Hall–Kier alpha value is -0.0400. The summed E-state index contributed by atoms with van der Waals surface area (Å²) >= 11 is 0. The predicted molar refractivity (Wildman–Crippen MR) is 45.1 cm³/mol. The lowest BCUT2D eigenvalue weighted by Gasteiger charge is -2.11. The molecule has 0 saturated heterocycles. The molecule has 1 fully saturated rings. The van der Waals surface area contributed by atoms with Gasteiger partial charge in [0.2, 0.25) is 0 Å². The summed E-state index contributed by atoms with van der Waals surface area (Å²) in [5, 5.41) is 3.56. The van der Waals surface area contributed by atoms with Gasteiger partial charge in [-0.2, -0.15) is 0 Å². The summed E-state index contributed by atoms with van der Waals surface area (Å²) in [6.07, 6.45) is 2.69. The van der Waals surface area contributed by atoms with Crippen LogP contribution in [0.3, 0.4) is 0 Å². The van der Waals surface area contributed by atoms with Crippen LogP contribution in [0.2, 0.25) is 0 Å². The third kappa shape index (κ3) is 1.51. The summed E-state index contributed by atoms with van der Waals surface area (Å²) in [5.41, 5.74) is 0.629. The summed E-state index contributed by atoms with van der Waals surface area (Å²) in [4.78, 5) is 0. The SMILES string of the molecule is CCC1(C)CC1NC(C)C. The molecule has 1 saturated carbocycles. The molecule has 0 aromatic heterocycles. The molecule has 60 valence electrons. The van der Waals surface area contributed by atoms with Crippen molar-refractivity contribution in [2.45, 2.75) is 52.6 Å². The maximum Gasteiger partial charge on any atom is 0.0129 e. The smallest absolute Gasteiger partial charge is 0.0129 e.